The first kappa shape index (κ1) is 7.12. The maximum absolute atomic E-state index is 4.76. The Morgan fingerprint density at radius 2 is 2.33 bits per heavy atom. The normalized spacial score (nSPS) is 32.4. The maximum atomic E-state index is 4.76. The first-order valence-corrected chi connectivity index (χ1v) is 3.57. The third-order valence-electron chi connectivity index (χ3n) is 1.45. The van der Waals surface area contributed by atoms with Gasteiger partial charge in [0.2, 0.25) is 0 Å². The zero-order chi connectivity index (χ0) is 6.91. The quantitative estimate of drug-likeness (QED) is 0.517. The Morgan fingerprint density at radius 1 is 1.67 bits per heavy atom. The molecule has 1 aliphatic rings. The van der Waals surface area contributed by atoms with Crippen LogP contribution < -0.4 is 10.6 Å². The molecular formula is C6H12N2S. The van der Waals surface area contributed by atoms with E-state index in [1.54, 1.807) is 5.37 Å². The van der Waals surface area contributed by atoms with Crippen molar-refractivity contribution in [2.24, 2.45) is 0 Å². The molecule has 0 spiro atoms. The number of nitrogens with one attached hydrogen (secondary N) is 2. The molecule has 0 saturated carbocycles. The summed E-state index contributed by atoms with van der Waals surface area (Å²) in [5, 5.41) is 8.25. The number of rotatable bonds is 1. The second-order valence-electron chi connectivity index (χ2n) is 3.02. The molecule has 1 aliphatic heterocycles. The smallest absolute Gasteiger partial charge is 0.0873 e. The van der Waals surface area contributed by atoms with E-state index >= 15 is 0 Å². The fourth-order valence-electron chi connectivity index (χ4n) is 0.970. The van der Waals surface area contributed by atoms with Gasteiger partial charge in [0.1, 0.15) is 0 Å². The van der Waals surface area contributed by atoms with E-state index in [2.05, 4.69) is 24.5 Å². The van der Waals surface area contributed by atoms with Crippen LogP contribution in [0.2, 0.25) is 0 Å². The van der Waals surface area contributed by atoms with Crippen molar-refractivity contribution < 1.29 is 0 Å². The van der Waals surface area contributed by atoms with Crippen LogP contribution in [-0.2, 0) is 0 Å². The predicted molar refractivity (Wildman–Crippen MR) is 42.7 cm³/mol. The van der Waals surface area contributed by atoms with Crippen LogP contribution in [0.15, 0.2) is 0 Å². The summed E-state index contributed by atoms with van der Waals surface area (Å²) in [4.78, 5) is 0. The van der Waals surface area contributed by atoms with Crippen molar-refractivity contribution in [1.82, 2.24) is 10.6 Å². The van der Waals surface area contributed by atoms with E-state index in [1.165, 1.54) is 0 Å². The molecule has 52 valence electrons. The Bertz CT molecular complexity index is 122. The van der Waals surface area contributed by atoms with Crippen LogP contribution >= 0.6 is 12.2 Å². The van der Waals surface area contributed by atoms with E-state index in [-0.39, 0.29) is 11.7 Å². The summed E-state index contributed by atoms with van der Waals surface area (Å²) in [6, 6.07) is 0. The van der Waals surface area contributed by atoms with Gasteiger partial charge in [-0.25, -0.2) is 0 Å². The molecular weight excluding hydrogens is 132 g/mol. The summed E-state index contributed by atoms with van der Waals surface area (Å²) in [5.41, 5.74) is 0.208. The minimum absolute atomic E-state index is 0.208. The summed E-state index contributed by atoms with van der Waals surface area (Å²) in [5.74, 6) is 0. The van der Waals surface area contributed by atoms with Crippen molar-refractivity contribution in [3.8, 4) is 0 Å². The average molecular weight is 144 g/mol. The van der Waals surface area contributed by atoms with Gasteiger partial charge in [-0.1, -0.05) is 12.2 Å². The van der Waals surface area contributed by atoms with Crippen LogP contribution in [0.25, 0.3) is 0 Å². The monoisotopic (exact) mass is 144 g/mol. The van der Waals surface area contributed by atoms with Gasteiger partial charge in [-0.2, -0.15) is 0 Å². The molecule has 3 heteroatoms. The second kappa shape index (κ2) is 2.33. The molecule has 9 heavy (non-hydrogen) atoms. The van der Waals surface area contributed by atoms with Gasteiger partial charge in [-0.05, 0) is 13.8 Å². The highest BCUT2D eigenvalue weighted by Crippen LogP contribution is 2.06. The van der Waals surface area contributed by atoms with Crippen LogP contribution in [0, 0.1) is 0 Å². The summed E-state index contributed by atoms with van der Waals surface area (Å²) in [6.07, 6.45) is 0.231. The Balaban J connectivity index is 2.47. The lowest BCUT2D eigenvalue weighted by atomic mass is 10.1. The molecule has 1 unspecified atom stereocenters. The first-order chi connectivity index (χ1) is 4.14. The molecule has 0 aromatic rings. The lowest BCUT2D eigenvalue weighted by Crippen LogP contribution is -2.39. The van der Waals surface area contributed by atoms with Crippen LogP contribution in [0.4, 0.5) is 0 Å². The van der Waals surface area contributed by atoms with Gasteiger partial charge in [-0.15, -0.1) is 0 Å². The summed E-state index contributed by atoms with van der Waals surface area (Å²) in [7, 11) is 0. The van der Waals surface area contributed by atoms with Crippen molar-refractivity contribution in [2.75, 3.05) is 6.54 Å². The highest BCUT2D eigenvalue weighted by molar-refractivity contribution is 7.79. The Kier molecular flexibility index (Phi) is 1.84. The summed E-state index contributed by atoms with van der Waals surface area (Å²) < 4.78 is 0. The lowest BCUT2D eigenvalue weighted by Gasteiger charge is -2.16. The van der Waals surface area contributed by atoms with Gasteiger partial charge in [0.15, 0.2) is 0 Å². The minimum atomic E-state index is 0.208. The molecule has 1 atom stereocenters. The fraction of sp³-hybridized carbons (Fsp3) is 0.833. The average Bonchev–Trinajstić information content (AvgIpc) is 2.10. The minimum Gasteiger partial charge on any atom is -0.296 e. The molecule has 1 saturated heterocycles. The molecule has 0 aromatic heterocycles. The van der Waals surface area contributed by atoms with E-state index in [9.17, 15) is 0 Å². The molecule has 0 amide bonds. The molecule has 0 bridgehead atoms. The van der Waals surface area contributed by atoms with E-state index in [0.29, 0.717) is 0 Å². The number of hydrogen-bond acceptors (Lipinski definition) is 3. The number of hydrogen-bond donors (Lipinski definition) is 2. The highest BCUT2D eigenvalue weighted by Gasteiger charge is 2.27. The van der Waals surface area contributed by atoms with Gasteiger partial charge in [-0.3, -0.25) is 10.6 Å². The number of thiocarbonyl (C=S) groups is 1. The van der Waals surface area contributed by atoms with E-state index in [0.717, 1.165) is 6.54 Å². The zero-order valence-electron chi connectivity index (χ0n) is 5.77. The highest BCUT2D eigenvalue weighted by atomic mass is 32.1. The Morgan fingerprint density at radius 3 is 2.56 bits per heavy atom. The van der Waals surface area contributed by atoms with Crippen molar-refractivity contribution in [3.05, 3.63) is 0 Å². The van der Waals surface area contributed by atoms with Crippen LogP contribution in [0.1, 0.15) is 13.8 Å². The van der Waals surface area contributed by atoms with E-state index < -0.39 is 0 Å². The summed E-state index contributed by atoms with van der Waals surface area (Å²) >= 11 is 4.76. The molecule has 0 aromatic carbocycles. The molecule has 1 rings (SSSR count). The van der Waals surface area contributed by atoms with Crippen LogP contribution in [-0.4, -0.2) is 23.6 Å². The predicted octanol–water partition coefficient (Wildman–Crippen LogP) is 0.284. The third kappa shape index (κ3) is 1.71. The molecule has 1 fully saturated rings. The standard InChI is InChI=1S/C6H12N2S/c1-6(2)4-7-5(3-9)8-6/h3,5,7-8H,4H2,1-2H3. The van der Waals surface area contributed by atoms with Gasteiger partial charge in [0.05, 0.1) is 6.17 Å². The van der Waals surface area contributed by atoms with Crippen molar-refractivity contribution in [2.45, 2.75) is 25.6 Å². The van der Waals surface area contributed by atoms with Gasteiger partial charge < -0.3 is 0 Å². The largest absolute Gasteiger partial charge is 0.296 e. The molecule has 2 N–H and O–H groups in total. The fourth-order valence-corrected chi connectivity index (χ4v) is 1.13. The Hall–Kier alpha value is 0.01000. The lowest BCUT2D eigenvalue weighted by molar-refractivity contribution is 0.476. The Labute approximate surface area is 61.0 Å². The molecule has 1 heterocycles. The van der Waals surface area contributed by atoms with Crippen LogP contribution in [0.5, 0.6) is 0 Å². The second-order valence-corrected chi connectivity index (χ2v) is 3.30. The van der Waals surface area contributed by atoms with E-state index in [1.807, 2.05) is 0 Å². The third-order valence-corrected chi connectivity index (χ3v) is 1.72. The van der Waals surface area contributed by atoms with Gasteiger partial charge >= 0.3 is 0 Å². The molecule has 2 nitrogen and oxygen atoms in total. The molecule has 0 aliphatic carbocycles. The first-order valence-electron chi connectivity index (χ1n) is 3.10. The zero-order valence-corrected chi connectivity index (χ0v) is 6.59. The van der Waals surface area contributed by atoms with Crippen molar-refractivity contribution in [1.29, 1.82) is 0 Å². The van der Waals surface area contributed by atoms with E-state index in [4.69, 9.17) is 12.2 Å². The van der Waals surface area contributed by atoms with Crippen LogP contribution in [0.3, 0.4) is 0 Å². The molecule has 0 radical (unpaired) electrons. The van der Waals surface area contributed by atoms with Gasteiger partial charge in [0, 0.05) is 17.5 Å². The summed E-state index contributed by atoms with van der Waals surface area (Å²) in [6.45, 7) is 5.29. The van der Waals surface area contributed by atoms with Gasteiger partial charge in [0.25, 0.3) is 0 Å². The topological polar surface area (TPSA) is 24.1 Å². The van der Waals surface area contributed by atoms with Crippen molar-refractivity contribution >= 4 is 17.6 Å². The SMILES string of the molecule is CC1(C)CNC(C=S)N1. The maximum Gasteiger partial charge on any atom is 0.0873 e. The van der Waals surface area contributed by atoms with Crippen molar-refractivity contribution in [3.63, 3.8) is 0 Å².